The molecule has 0 bridgehead atoms. The van der Waals surface area contributed by atoms with Gasteiger partial charge in [0.05, 0.1) is 5.92 Å². The smallest absolute Gasteiger partial charge is 0.309 e. The second kappa shape index (κ2) is 7.13. The Balaban J connectivity index is 5.11. The van der Waals surface area contributed by atoms with Gasteiger partial charge in [-0.3, -0.25) is 4.79 Å². The Kier molecular flexibility index (Phi) is 6.93. The van der Waals surface area contributed by atoms with Gasteiger partial charge in [0.15, 0.2) is 0 Å². The van der Waals surface area contributed by atoms with E-state index in [2.05, 4.69) is 55.4 Å². The molecule has 0 amide bonds. The SMILES string of the molecule is CN(C)CCOC(=O)C(CC(C)(C)C)C(C)(C)C(C)(C)C. The minimum atomic E-state index is -0.116. The Labute approximate surface area is 132 Å². The number of ether oxygens (including phenoxy) is 1. The maximum absolute atomic E-state index is 12.7. The van der Waals surface area contributed by atoms with Gasteiger partial charge in [-0.25, -0.2) is 0 Å². The predicted molar refractivity (Wildman–Crippen MR) is 90.3 cm³/mol. The Bertz CT molecular complexity index is 332. The molecule has 0 aliphatic rings. The molecule has 3 heteroatoms. The van der Waals surface area contributed by atoms with E-state index in [1.165, 1.54) is 0 Å². The number of likely N-dealkylation sites (N-methyl/N-ethyl adjacent to an activating group) is 1. The van der Waals surface area contributed by atoms with Gasteiger partial charge in [0.2, 0.25) is 0 Å². The van der Waals surface area contributed by atoms with E-state index in [0.717, 1.165) is 13.0 Å². The van der Waals surface area contributed by atoms with Crippen LogP contribution in [0.4, 0.5) is 0 Å². The van der Waals surface area contributed by atoms with Crippen LogP contribution in [0.5, 0.6) is 0 Å². The van der Waals surface area contributed by atoms with Crippen molar-refractivity contribution in [3.8, 4) is 0 Å². The number of nitrogens with zero attached hydrogens (tertiary/aromatic N) is 1. The van der Waals surface area contributed by atoms with Crippen LogP contribution in [0.3, 0.4) is 0 Å². The molecule has 0 saturated carbocycles. The van der Waals surface area contributed by atoms with Crippen LogP contribution in [-0.4, -0.2) is 38.1 Å². The van der Waals surface area contributed by atoms with Gasteiger partial charge in [-0.1, -0.05) is 55.4 Å². The van der Waals surface area contributed by atoms with Crippen molar-refractivity contribution in [2.45, 2.75) is 61.8 Å². The van der Waals surface area contributed by atoms with Crippen LogP contribution in [0.25, 0.3) is 0 Å². The maximum atomic E-state index is 12.7. The highest BCUT2D eigenvalue weighted by Gasteiger charge is 2.45. The first-order valence-electron chi connectivity index (χ1n) is 8.00. The first kappa shape index (κ1) is 20.4. The van der Waals surface area contributed by atoms with Gasteiger partial charge in [0.25, 0.3) is 0 Å². The summed E-state index contributed by atoms with van der Waals surface area (Å²) in [7, 11) is 3.97. The average Bonchev–Trinajstić information content (AvgIpc) is 2.22. The van der Waals surface area contributed by atoms with Crippen LogP contribution >= 0.6 is 0 Å². The van der Waals surface area contributed by atoms with Crippen molar-refractivity contribution >= 4 is 5.97 Å². The molecule has 126 valence electrons. The number of carbonyl (C=O) groups excluding carboxylic acids is 1. The van der Waals surface area contributed by atoms with Gasteiger partial charge in [-0.15, -0.1) is 0 Å². The van der Waals surface area contributed by atoms with Crippen LogP contribution in [-0.2, 0) is 9.53 Å². The Morgan fingerprint density at radius 1 is 1.00 bits per heavy atom. The first-order chi connectivity index (χ1) is 9.18. The monoisotopic (exact) mass is 299 g/mol. The summed E-state index contributed by atoms with van der Waals surface area (Å²) in [5, 5.41) is 0. The molecule has 0 rings (SSSR count). The van der Waals surface area contributed by atoms with Crippen molar-refractivity contribution in [2.75, 3.05) is 27.2 Å². The molecule has 0 fully saturated rings. The number of rotatable bonds is 6. The van der Waals surface area contributed by atoms with Crippen molar-refractivity contribution in [1.82, 2.24) is 4.90 Å². The molecule has 21 heavy (non-hydrogen) atoms. The first-order valence-corrected chi connectivity index (χ1v) is 8.00. The van der Waals surface area contributed by atoms with Gasteiger partial charge < -0.3 is 9.64 Å². The van der Waals surface area contributed by atoms with Crippen molar-refractivity contribution < 1.29 is 9.53 Å². The summed E-state index contributed by atoms with van der Waals surface area (Å²) in [4.78, 5) is 14.7. The van der Waals surface area contributed by atoms with Crippen LogP contribution in [0.1, 0.15) is 61.8 Å². The van der Waals surface area contributed by atoms with E-state index in [0.29, 0.717) is 6.61 Å². The topological polar surface area (TPSA) is 29.5 Å². The van der Waals surface area contributed by atoms with Gasteiger partial charge in [-0.05, 0) is 36.8 Å². The molecule has 0 radical (unpaired) electrons. The zero-order chi connectivity index (χ0) is 17.1. The molecule has 3 nitrogen and oxygen atoms in total. The Hall–Kier alpha value is -0.570. The molecule has 0 spiro atoms. The lowest BCUT2D eigenvalue weighted by atomic mass is 9.59. The summed E-state index contributed by atoms with van der Waals surface area (Å²) in [6, 6.07) is 0. The van der Waals surface area contributed by atoms with Crippen LogP contribution in [0.2, 0.25) is 0 Å². The van der Waals surface area contributed by atoms with Gasteiger partial charge in [0.1, 0.15) is 6.61 Å². The third-order valence-corrected chi connectivity index (χ3v) is 4.69. The summed E-state index contributed by atoms with van der Waals surface area (Å²) in [5.74, 6) is -0.133. The lowest BCUT2D eigenvalue weighted by Gasteiger charge is -2.45. The second-order valence-electron chi connectivity index (χ2n) is 9.26. The van der Waals surface area contributed by atoms with E-state index in [1.54, 1.807) is 0 Å². The van der Waals surface area contributed by atoms with Gasteiger partial charge >= 0.3 is 5.97 Å². The second-order valence-corrected chi connectivity index (χ2v) is 9.26. The summed E-state index contributed by atoms with van der Waals surface area (Å²) in [6.45, 7) is 18.8. The third kappa shape index (κ3) is 6.82. The Morgan fingerprint density at radius 2 is 1.48 bits per heavy atom. The van der Waals surface area contributed by atoms with E-state index >= 15 is 0 Å². The van der Waals surface area contributed by atoms with Crippen molar-refractivity contribution in [3.05, 3.63) is 0 Å². The molecule has 0 aromatic carbocycles. The molecule has 1 unspecified atom stereocenters. The molecule has 1 atom stereocenters. The van der Waals surface area contributed by atoms with E-state index in [-0.39, 0.29) is 28.1 Å². The number of esters is 1. The van der Waals surface area contributed by atoms with E-state index < -0.39 is 0 Å². The fourth-order valence-corrected chi connectivity index (χ4v) is 2.20. The summed E-state index contributed by atoms with van der Waals surface area (Å²) >= 11 is 0. The fraction of sp³-hybridized carbons (Fsp3) is 0.944. The van der Waals surface area contributed by atoms with Crippen LogP contribution in [0.15, 0.2) is 0 Å². The van der Waals surface area contributed by atoms with Crippen LogP contribution in [0, 0.1) is 22.2 Å². The van der Waals surface area contributed by atoms with Gasteiger partial charge in [0, 0.05) is 6.54 Å². The van der Waals surface area contributed by atoms with E-state index in [1.807, 2.05) is 19.0 Å². The highest BCUT2D eigenvalue weighted by atomic mass is 16.5. The quantitative estimate of drug-likeness (QED) is 0.688. The fourth-order valence-electron chi connectivity index (χ4n) is 2.20. The predicted octanol–water partition coefficient (Wildman–Crippen LogP) is 4.22. The molecule has 0 N–H and O–H groups in total. The maximum Gasteiger partial charge on any atom is 0.309 e. The molecule has 0 aromatic rings. The minimum absolute atomic E-state index is 0.0451. The average molecular weight is 299 g/mol. The molecular weight excluding hydrogens is 262 g/mol. The molecular formula is C18H37NO2. The number of hydrogen-bond donors (Lipinski definition) is 0. The third-order valence-electron chi connectivity index (χ3n) is 4.69. The van der Waals surface area contributed by atoms with Crippen molar-refractivity contribution in [2.24, 2.45) is 22.2 Å². The Morgan fingerprint density at radius 3 is 1.81 bits per heavy atom. The minimum Gasteiger partial charge on any atom is -0.464 e. The summed E-state index contributed by atoms with van der Waals surface area (Å²) in [5.41, 5.74) is 0.0344. The van der Waals surface area contributed by atoms with Gasteiger partial charge in [-0.2, -0.15) is 0 Å². The highest BCUT2D eigenvalue weighted by molar-refractivity contribution is 5.73. The number of hydrogen-bond acceptors (Lipinski definition) is 3. The van der Waals surface area contributed by atoms with E-state index in [4.69, 9.17) is 4.74 Å². The summed E-state index contributed by atoms with van der Waals surface area (Å²) < 4.78 is 5.56. The van der Waals surface area contributed by atoms with Crippen molar-refractivity contribution in [1.29, 1.82) is 0 Å². The highest BCUT2D eigenvalue weighted by Crippen LogP contribution is 2.48. The van der Waals surface area contributed by atoms with Crippen molar-refractivity contribution in [3.63, 3.8) is 0 Å². The number of carbonyl (C=O) groups is 1. The molecule has 0 saturated heterocycles. The largest absolute Gasteiger partial charge is 0.464 e. The normalized spacial score (nSPS) is 15.2. The molecule has 0 aromatic heterocycles. The zero-order valence-corrected chi connectivity index (χ0v) is 16.0. The standard InChI is InChI=1S/C18H37NO2/c1-16(2,3)13-14(18(7,8)17(4,5)6)15(20)21-12-11-19(9)10/h14H,11-13H2,1-10H3. The lowest BCUT2D eigenvalue weighted by Crippen LogP contribution is -2.43. The van der Waals surface area contributed by atoms with E-state index in [9.17, 15) is 4.79 Å². The van der Waals surface area contributed by atoms with Crippen LogP contribution < -0.4 is 0 Å². The zero-order valence-electron chi connectivity index (χ0n) is 16.0. The molecule has 0 aliphatic carbocycles. The molecule has 0 heterocycles. The lowest BCUT2D eigenvalue weighted by molar-refractivity contribution is -0.158. The molecule has 0 aliphatic heterocycles. The summed E-state index contributed by atoms with van der Waals surface area (Å²) in [6.07, 6.45) is 0.845.